The molecule has 0 radical (unpaired) electrons. The van der Waals surface area contributed by atoms with Gasteiger partial charge in [0.1, 0.15) is 5.75 Å². The monoisotopic (exact) mass is 406 g/mol. The Hall–Kier alpha value is -2.31. The topological polar surface area (TPSA) is 26.3 Å². The molecule has 0 bridgehead atoms. The molecule has 0 aliphatic heterocycles. The molecule has 3 aromatic rings. The van der Waals surface area contributed by atoms with Gasteiger partial charge in [0, 0.05) is 15.9 Å². The van der Waals surface area contributed by atoms with Gasteiger partial charge in [-0.3, -0.25) is 0 Å². The molecular weight excluding hydrogens is 375 g/mol. The zero-order chi connectivity index (χ0) is 20.4. The third kappa shape index (κ3) is 5.61. The Morgan fingerprint density at radius 2 is 1.10 bits per heavy atom. The number of benzene rings is 3. The van der Waals surface area contributed by atoms with Crippen LogP contribution in [-0.4, -0.2) is 6.61 Å². The molecule has 0 atom stereocenters. The Bertz CT molecular complexity index is 846. The Balaban J connectivity index is 1.71. The van der Waals surface area contributed by atoms with Crippen molar-refractivity contribution in [3.05, 3.63) is 84.9 Å². The summed E-state index contributed by atoms with van der Waals surface area (Å²) in [6.07, 6.45) is 7.50. The van der Waals surface area contributed by atoms with Crippen LogP contribution < -0.4 is 20.7 Å². The maximum atomic E-state index is 14.3. The minimum Gasteiger partial charge on any atom is -0.494 e. The third-order valence-electron chi connectivity index (χ3n) is 5.21. The van der Waals surface area contributed by atoms with Gasteiger partial charge in [0.05, 0.1) is 6.61 Å². The Labute approximate surface area is 175 Å². The summed E-state index contributed by atoms with van der Waals surface area (Å²) in [6.45, 7) is 2.97. The van der Waals surface area contributed by atoms with Crippen molar-refractivity contribution < 1.29 is 9.30 Å². The molecule has 0 N–H and O–H groups in total. The summed E-state index contributed by atoms with van der Waals surface area (Å²) in [5.74, 6) is 0.843. The second kappa shape index (κ2) is 11.0. The summed E-state index contributed by atoms with van der Waals surface area (Å²) >= 11 is 0. The Morgan fingerprint density at radius 3 is 1.66 bits per heavy atom. The average molecular weight is 407 g/mol. The molecule has 3 rings (SSSR count). The van der Waals surface area contributed by atoms with Gasteiger partial charge in [-0.2, -0.15) is 0 Å². The van der Waals surface area contributed by atoms with E-state index in [-0.39, 0.29) is 0 Å². The second-order valence-corrected chi connectivity index (χ2v) is 10.2. The van der Waals surface area contributed by atoms with E-state index >= 15 is 0 Å². The minimum absolute atomic E-state index is 0.737. The number of rotatable bonds is 11. The van der Waals surface area contributed by atoms with Crippen molar-refractivity contribution in [2.24, 2.45) is 0 Å². The zero-order valence-electron chi connectivity index (χ0n) is 17.3. The van der Waals surface area contributed by atoms with E-state index < -0.39 is 7.14 Å². The first kappa shape index (κ1) is 21.4. The van der Waals surface area contributed by atoms with Crippen molar-refractivity contribution >= 4 is 23.1 Å². The lowest BCUT2D eigenvalue weighted by Crippen LogP contribution is -2.24. The van der Waals surface area contributed by atoms with Gasteiger partial charge in [0.15, 0.2) is 7.14 Å². The molecule has 2 nitrogen and oxygen atoms in total. The van der Waals surface area contributed by atoms with E-state index in [2.05, 4.69) is 6.92 Å². The van der Waals surface area contributed by atoms with E-state index in [1.807, 2.05) is 84.9 Å². The van der Waals surface area contributed by atoms with Crippen molar-refractivity contribution in [1.29, 1.82) is 0 Å². The van der Waals surface area contributed by atoms with Crippen molar-refractivity contribution in [2.75, 3.05) is 6.61 Å². The van der Waals surface area contributed by atoms with Crippen LogP contribution in [-0.2, 0) is 4.57 Å². The van der Waals surface area contributed by atoms with Crippen LogP contribution in [0.25, 0.3) is 0 Å². The van der Waals surface area contributed by atoms with E-state index in [0.29, 0.717) is 0 Å². The first-order valence-corrected chi connectivity index (χ1v) is 12.4. The van der Waals surface area contributed by atoms with Gasteiger partial charge in [-0.1, -0.05) is 99.7 Å². The van der Waals surface area contributed by atoms with Gasteiger partial charge in [0.2, 0.25) is 0 Å². The predicted molar refractivity (Wildman–Crippen MR) is 125 cm³/mol. The highest BCUT2D eigenvalue weighted by atomic mass is 31.2. The van der Waals surface area contributed by atoms with Crippen LogP contribution in [0.5, 0.6) is 5.75 Å². The predicted octanol–water partition coefficient (Wildman–Crippen LogP) is 6.07. The van der Waals surface area contributed by atoms with Gasteiger partial charge in [-0.15, -0.1) is 0 Å². The summed E-state index contributed by atoms with van der Waals surface area (Å²) in [6, 6.07) is 27.3. The van der Waals surface area contributed by atoms with Crippen LogP contribution in [0.1, 0.15) is 45.4 Å². The molecule has 0 spiro atoms. The Kier molecular flexibility index (Phi) is 8.14. The smallest absolute Gasteiger partial charge is 0.171 e. The highest BCUT2D eigenvalue weighted by Crippen LogP contribution is 2.42. The minimum atomic E-state index is -2.90. The fourth-order valence-corrected chi connectivity index (χ4v) is 6.20. The number of hydrogen-bond donors (Lipinski definition) is 0. The van der Waals surface area contributed by atoms with Gasteiger partial charge < -0.3 is 9.30 Å². The number of hydrogen-bond acceptors (Lipinski definition) is 2. The van der Waals surface area contributed by atoms with Crippen LogP contribution in [0.4, 0.5) is 0 Å². The molecule has 3 heteroatoms. The molecule has 0 saturated heterocycles. The van der Waals surface area contributed by atoms with E-state index in [0.717, 1.165) is 34.7 Å². The molecule has 0 fully saturated rings. The third-order valence-corrected chi connectivity index (χ3v) is 8.28. The normalized spacial score (nSPS) is 11.3. The van der Waals surface area contributed by atoms with Crippen molar-refractivity contribution in [1.82, 2.24) is 0 Å². The van der Waals surface area contributed by atoms with E-state index in [1.54, 1.807) is 0 Å². The quantitative estimate of drug-likeness (QED) is 0.286. The van der Waals surface area contributed by atoms with Crippen LogP contribution in [0.2, 0.25) is 0 Å². The first-order valence-electron chi connectivity index (χ1n) is 10.7. The molecule has 152 valence electrons. The Morgan fingerprint density at radius 1 is 0.621 bits per heavy atom. The fraction of sp³-hybridized carbons (Fsp3) is 0.308. The first-order chi connectivity index (χ1) is 14.2. The maximum Gasteiger partial charge on any atom is 0.171 e. The lowest BCUT2D eigenvalue weighted by molar-refractivity contribution is 0.304. The second-order valence-electron chi connectivity index (χ2n) is 7.39. The summed E-state index contributed by atoms with van der Waals surface area (Å²) in [5, 5.41) is 2.54. The maximum absolute atomic E-state index is 14.3. The number of unbranched alkanes of at least 4 members (excludes halogenated alkanes) is 5. The standard InChI is InChI=1S/C26H31O2P/c1-2-3-4-5-6-13-22-28-23-18-20-26(21-19-23)29(27,24-14-9-7-10-15-24)25-16-11-8-12-17-25/h7-12,14-21H,2-6,13,22H2,1H3. The lowest BCUT2D eigenvalue weighted by Gasteiger charge is -2.20. The summed E-state index contributed by atoms with van der Waals surface area (Å²) in [5.41, 5.74) is 0. The molecule has 0 aliphatic rings. The SMILES string of the molecule is CCCCCCCCOc1ccc(P(=O)(c2ccccc2)c2ccccc2)cc1. The fourth-order valence-electron chi connectivity index (χ4n) is 3.55. The summed E-state index contributed by atoms with van der Waals surface area (Å²) in [4.78, 5) is 0. The lowest BCUT2D eigenvalue weighted by atomic mass is 10.1. The van der Waals surface area contributed by atoms with Crippen molar-refractivity contribution in [3.8, 4) is 5.75 Å². The van der Waals surface area contributed by atoms with Gasteiger partial charge >= 0.3 is 0 Å². The molecule has 3 aromatic carbocycles. The highest BCUT2D eigenvalue weighted by Gasteiger charge is 2.29. The van der Waals surface area contributed by atoms with E-state index in [4.69, 9.17) is 4.74 Å². The zero-order valence-corrected chi connectivity index (χ0v) is 18.2. The van der Waals surface area contributed by atoms with Crippen LogP contribution in [0, 0.1) is 0 Å². The van der Waals surface area contributed by atoms with Crippen LogP contribution >= 0.6 is 7.14 Å². The molecule has 0 saturated carbocycles. The average Bonchev–Trinajstić information content (AvgIpc) is 2.79. The van der Waals surface area contributed by atoms with Crippen molar-refractivity contribution in [2.45, 2.75) is 45.4 Å². The van der Waals surface area contributed by atoms with E-state index in [1.165, 1.54) is 32.1 Å². The summed E-state index contributed by atoms with van der Waals surface area (Å²) in [7, 11) is -2.90. The highest BCUT2D eigenvalue weighted by molar-refractivity contribution is 7.85. The molecular formula is C26H31O2P. The van der Waals surface area contributed by atoms with Crippen molar-refractivity contribution in [3.63, 3.8) is 0 Å². The van der Waals surface area contributed by atoms with E-state index in [9.17, 15) is 4.57 Å². The van der Waals surface area contributed by atoms with Gasteiger partial charge in [-0.05, 0) is 30.7 Å². The number of ether oxygens (including phenoxy) is 1. The molecule has 0 aliphatic carbocycles. The van der Waals surface area contributed by atoms with Crippen LogP contribution in [0.3, 0.4) is 0 Å². The molecule has 0 unspecified atom stereocenters. The largest absolute Gasteiger partial charge is 0.494 e. The van der Waals surface area contributed by atoms with Gasteiger partial charge in [0.25, 0.3) is 0 Å². The molecule has 0 heterocycles. The molecule has 0 aromatic heterocycles. The van der Waals surface area contributed by atoms with Gasteiger partial charge in [-0.25, -0.2) is 0 Å². The molecule has 29 heavy (non-hydrogen) atoms. The molecule has 0 amide bonds. The van der Waals surface area contributed by atoms with Crippen LogP contribution in [0.15, 0.2) is 84.9 Å². The summed E-state index contributed by atoms with van der Waals surface area (Å²) < 4.78 is 20.2.